The first kappa shape index (κ1) is 19.7. The number of esters is 2. The van der Waals surface area contributed by atoms with Crippen LogP contribution in [-0.4, -0.2) is 30.9 Å². The van der Waals surface area contributed by atoms with Crippen molar-refractivity contribution < 1.29 is 23.9 Å². The molecule has 0 aliphatic heterocycles. The Labute approximate surface area is 139 Å². The molecule has 0 heterocycles. The van der Waals surface area contributed by atoms with Gasteiger partial charge in [-0.05, 0) is 38.5 Å². The fourth-order valence-electron chi connectivity index (χ4n) is 2.85. The van der Waals surface area contributed by atoms with Gasteiger partial charge in [-0.3, -0.25) is 14.4 Å². The monoisotopic (exact) mass is 326 g/mol. The largest absolute Gasteiger partial charge is 0.465 e. The van der Waals surface area contributed by atoms with Crippen molar-refractivity contribution in [3.05, 3.63) is 0 Å². The fraction of sp³-hybridized carbons (Fsp3) is 0.833. The molecule has 132 valence electrons. The molecule has 0 N–H and O–H groups in total. The van der Waals surface area contributed by atoms with E-state index in [9.17, 15) is 14.4 Å². The van der Waals surface area contributed by atoms with Gasteiger partial charge >= 0.3 is 11.9 Å². The molecule has 1 aliphatic rings. The standard InChI is InChI=1S/C18H30O5/c1-4-6-11-22-16(20)18(3,17(21)23-12-7-5-2)14-9-8-10-15(19)13-14/h14H,4-13H2,1-3H3. The van der Waals surface area contributed by atoms with E-state index in [1.54, 1.807) is 6.92 Å². The number of carbonyl (C=O) groups is 3. The van der Waals surface area contributed by atoms with Gasteiger partial charge in [0.1, 0.15) is 5.78 Å². The Morgan fingerprint density at radius 3 is 2.04 bits per heavy atom. The second kappa shape index (κ2) is 9.68. The highest BCUT2D eigenvalue weighted by Crippen LogP contribution is 2.39. The summed E-state index contributed by atoms with van der Waals surface area (Å²) in [6.45, 7) is 6.19. The molecule has 0 radical (unpaired) electrons. The molecule has 1 aliphatic carbocycles. The van der Waals surface area contributed by atoms with E-state index in [2.05, 4.69) is 0 Å². The molecule has 1 saturated carbocycles. The normalized spacial score (nSPS) is 18.6. The molecule has 0 spiro atoms. The molecule has 1 fully saturated rings. The van der Waals surface area contributed by atoms with Crippen molar-refractivity contribution in [2.45, 2.75) is 72.1 Å². The molecule has 1 rings (SSSR count). The predicted molar refractivity (Wildman–Crippen MR) is 86.8 cm³/mol. The fourth-order valence-corrected chi connectivity index (χ4v) is 2.85. The predicted octanol–water partition coefficient (Wildman–Crippen LogP) is 3.44. The first-order valence-corrected chi connectivity index (χ1v) is 8.82. The van der Waals surface area contributed by atoms with Crippen LogP contribution < -0.4 is 0 Å². The quantitative estimate of drug-likeness (QED) is 0.369. The van der Waals surface area contributed by atoms with Gasteiger partial charge in [-0.25, -0.2) is 0 Å². The molecule has 0 aromatic rings. The number of unbranched alkanes of at least 4 members (excludes halogenated alkanes) is 2. The van der Waals surface area contributed by atoms with Gasteiger partial charge in [0.15, 0.2) is 5.41 Å². The maximum Gasteiger partial charge on any atom is 0.323 e. The molecular formula is C18H30O5. The van der Waals surface area contributed by atoms with Crippen LogP contribution in [0.5, 0.6) is 0 Å². The summed E-state index contributed by atoms with van der Waals surface area (Å²) in [5.74, 6) is -1.32. The van der Waals surface area contributed by atoms with Gasteiger partial charge in [0.05, 0.1) is 13.2 Å². The molecule has 1 atom stereocenters. The molecule has 0 saturated heterocycles. The lowest BCUT2D eigenvalue weighted by Gasteiger charge is -2.35. The third-order valence-corrected chi connectivity index (χ3v) is 4.61. The zero-order chi connectivity index (χ0) is 17.3. The van der Waals surface area contributed by atoms with Crippen LogP contribution in [0.4, 0.5) is 0 Å². The average Bonchev–Trinajstić information content (AvgIpc) is 2.54. The lowest BCUT2D eigenvalue weighted by molar-refractivity contribution is -0.177. The van der Waals surface area contributed by atoms with Crippen molar-refractivity contribution in [1.82, 2.24) is 0 Å². The van der Waals surface area contributed by atoms with E-state index in [0.29, 0.717) is 32.5 Å². The zero-order valence-electron chi connectivity index (χ0n) is 14.7. The van der Waals surface area contributed by atoms with Crippen LogP contribution in [0.2, 0.25) is 0 Å². The second-order valence-electron chi connectivity index (χ2n) is 6.51. The van der Waals surface area contributed by atoms with E-state index in [4.69, 9.17) is 9.47 Å². The van der Waals surface area contributed by atoms with Crippen molar-refractivity contribution in [1.29, 1.82) is 0 Å². The van der Waals surface area contributed by atoms with E-state index in [-0.39, 0.29) is 18.1 Å². The Balaban J connectivity index is 2.86. The number of ether oxygens (including phenoxy) is 2. The molecule has 0 aromatic carbocycles. The minimum atomic E-state index is -1.38. The maximum absolute atomic E-state index is 12.6. The molecule has 23 heavy (non-hydrogen) atoms. The summed E-state index contributed by atoms with van der Waals surface area (Å²) >= 11 is 0. The van der Waals surface area contributed by atoms with Crippen LogP contribution in [0, 0.1) is 11.3 Å². The minimum absolute atomic E-state index is 0.107. The van der Waals surface area contributed by atoms with Gasteiger partial charge in [-0.1, -0.05) is 26.7 Å². The summed E-state index contributed by atoms with van der Waals surface area (Å²) in [6.07, 6.45) is 5.51. The SMILES string of the molecule is CCCCOC(=O)C(C)(C(=O)OCCCC)C1CCCC(=O)C1. The lowest BCUT2D eigenvalue weighted by atomic mass is 9.69. The molecule has 0 amide bonds. The Bertz CT molecular complexity index is 394. The van der Waals surface area contributed by atoms with Crippen molar-refractivity contribution in [2.24, 2.45) is 11.3 Å². The third kappa shape index (κ3) is 5.33. The van der Waals surface area contributed by atoms with Crippen molar-refractivity contribution in [3.63, 3.8) is 0 Å². The number of carbonyl (C=O) groups excluding carboxylic acids is 3. The molecule has 5 heteroatoms. The highest BCUT2D eigenvalue weighted by Gasteiger charge is 2.51. The molecule has 0 bridgehead atoms. The Kier molecular flexibility index (Phi) is 8.28. The number of ketones is 1. The highest BCUT2D eigenvalue weighted by atomic mass is 16.6. The van der Waals surface area contributed by atoms with Gasteiger partial charge in [-0.2, -0.15) is 0 Å². The number of Topliss-reactive ketones (excluding diaryl/α,β-unsaturated/α-hetero) is 1. The topological polar surface area (TPSA) is 69.7 Å². The first-order chi connectivity index (χ1) is 11.0. The zero-order valence-corrected chi connectivity index (χ0v) is 14.7. The van der Waals surface area contributed by atoms with E-state index in [1.165, 1.54) is 0 Å². The van der Waals surface area contributed by atoms with E-state index >= 15 is 0 Å². The Morgan fingerprint density at radius 1 is 1.09 bits per heavy atom. The van der Waals surface area contributed by atoms with Crippen molar-refractivity contribution in [2.75, 3.05) is 13.2 Å². The Hall–Kier alpha value is -1.39. The maximum atomic E-state index is 12.6. The van der Waals surface area contributed by atoms with Crippen molar-refractivity contribution in [3.8, 4) is 0 Å². The van der Waals surface area contributed by atoms with Gasteiger partial charge in [0, 0.05) is 12.8 Å². The smallest absolute Gasteiger partial charge is 0.323 e. The molecular weight excluding hydrogens is 296 g/mol. The summed E-state index contributed by atoms with van der Waals surface area (Å²) in [6, 6.07) is 0. The second-order valence-corrected chi connectivity index (χ2v) is 6.51. The van der Waals surface area contributed by atoms with E-state index in [0.717, 1.165) is 25.7 Å². The van der Waals surface area contributed by atoms with Crippen LogP contribution in [-0.2, 0) is 23.9 Å². The van der Waals surface area contributed by atoms with Gasteiger partial charge in [0.2, 0.25) is 0 Å². The van der Waals surface area contributed by atoms with Crippen LogP contribution in [0.3, 0.4) is 0 Å². The third-order valence-electron chi connectivity index (χ3n) is 4.61. The van der Waals surface area contributed by atoms with Crippen LogP contribution in [0.15, 0.2) is 0 Å². The van der Waals surface area contributed by atoms with E-state index < -0.39 is 17.4 Å². The lowest BCUT2D eigenvalue weighted by Crippen LogP contribution is -2.47. The molecule has 1 unspecified atom stereocenters. The summed E-state index contributed by atoms with van der Waals surface area (Å²) in [7, 11) is 0. The average molecular weight is 326 g/mol. The van der Waals surface area contributed by atoms with Crippen LogP contribution in [0.25, 0.3) is 0 Å². The van der Waals surface area contributed by atoms with Gasteiger partial charge in [-0.15, -0.1) is 0 Å². The van der Waals surface area contributed by atoms with Gasteiger partial charge in [0.25, 0.3) is 0 Å². The Morgan fingerprint density at radius 2 is 1.61 bits per heavy atom. The van der Waals surface area contributed by atoms with Gasteiger partial charge < -0.3 is 9.47 Å². The number of hydrogen-bond donors (Lipinski definition) is 0. The van der Waals surface area contributed by atoms with Crippen LogP contribution in [0.1, 0.15) is 72.1 Å². The summed E-state index contributed by atoms with van der Waals surface area (Å²) in [5, 5.41) is 0. The minimum Gasteiger partial charge on any atom is -0.465 e. The number of hydrogen-bond acceptors (Lipinski definition) is 5. The van der Waals surface area contributed by atoms with Crippen LogP contribution >= 0.6 is 0 Å². The highest BCUT2D eigenvalue weighted by molar-refractivity contribution is 6.00. The molecule has 5 nitrogen and oxygen atoms in total. The number of rotatable bonds is 9. The summed E-state index contributed by atoms with van der Waals surface area (Å²) in [5.41, 5.74) is -1.38. The summed E-state index contributed by atoms with van der Waals surface area (Å²) in [4.78, 5) is 37.0. The van der Waals surface area contributed by atoms with E-state index in [1.807, 2.05) is 13.8 Å². The summed E-state index contributed by atoms with van der Waals surface area (Å²) < 4.78 is 10.6. The van der Waals surface area contributed by atoms with Crippen molar-refractivity contribution >= 4 is 17.7 Å². The first-order valence-electron chi connectivity index (χ1n) is 8.82. The molecule has 0 aromatic heterocycles.